The zero-order valence-electron chi connectivity index (χ0n) is 23.5. The Labute approximate surface area is 251 Å². The Morgan fingerprint density at radius 1 is 0.442 bits per heavy atom. The third kappa shape index (κ3) is 6.11. The van der Waals surface area contributed by atoms with E-state index in [1.807, 2.05) is 54.6 Å². The van der Waals surface area contributed by atoms with E-state index in [2.05, 4.69) is 118 Å². The number of benzene rings is 5. The summed E-state index contributed by atoms with van der Waals surface area (Å²) < 4.78 is 12.1. The average Bonchev–Trinajstić information content (AvgIpc) is 3.57. The van der Waals surface area contributed by atoms with E-state index in [0.29, 0.717) is 24.0 Å². The van der Waals surface area contributed by atoms with Gasteiger partial charge in [-0.1, -0.05) is 78.9 Å². The second kappa shape index (κ2) is 12.0. The molecule has 0 fully saturated rings. The van der Waals surface area contributed by atoms with Gasteiger partial charge in [0, 0.05) is 48.2 Å². The molecule has 1 aromatic heterocycles. The van der Waals surface area contributed by atoms with Gasteiger partial charge in [0.25, 0.3) is 0 Å². The van der Waals surface area contributed by atoms with Crippen molar-refractivity contribution in [3.63, 3.8) is 0 Å². The third-order valence-corrected chi connectivity index (χ3v) is 7.25. The zero-order chi connectivity index (χ0) is 28.8. The minimum absolute atomic E-state index is 0.539. The summed E-state index contributed by atoms with van der Waals surface area (Å²) in [5, 5.41) is 0. The van der Waals surface area contributed by atoms with Gasteiger partial charge in [-0.25, -0.2) is 4.98 Å². The maximum Gasteiger partial charge on any atom is 0.219 e. The minimum Gasteiger partial charge on any atom is -0.457 e. The lowest BCUT2D eigenvalue weighted by Gasteiger charge is -2.23. The van der Waals surface area contributed by atoms with Crippen molar-refractivity contribution in [1.82, 2.24) is 4.98 Å². The van der Waals surface area contributed by atoms with Crippen LogP contribution in [-0.2, 0) is 0 Å². The smallest absolute Gasteiger partial charge is 0.219 e. The first-order valence-electron chi connectivity index (χ1n) is 14.2. The highest BCUT2D eigenvalue weighted by atomic mass is 16.5. The fourth-order valence-electron chi connectivity index (χ4n) is 5.12. The summed E-state index contributed by atoms with van der Waals surface area (Å²) in [5.74, 6) is 2.64. The molecule has 0 amide bonds. The highest BCUT2D eigenvalue weighted by molar-refractivity contribution is 5.79. The van der Waals surface area contributed by atoms with Gasteiger partial charge in [-0.05, 0) is 70.8 Å². The van der Waals surface area contributed by atoms with E-state index in [-0.39, 0.29) is 0 Å². The molecule has 5 aromatic carbocycles. The van der Waals surface area contributed by atoms with Crippen molar-refractivity contribution < 1.29 is 9.47 Å². The summed E-state index contributed by atoms with van der Waals surface area (Å²) in [6, 6.07) is 49.1. The van der Waals surface area contributed by atoms with Crippen LogP contribution >= 0.6 is 0 Å². The number of hydrogen-bond donors (Lipinski definition) is 0. The summed E-state index contributed by atoms with van der Waals surface area (Å²) in [6.07, 6.45) is 5.94. The molecule has 0 bridgehead atoms. The van der Waals surface area contributed by atoms with Crippen LogP contribution in [0.4, 0.5) is 11.4 Å². The van der Waals surface area contributed by atoms with E-state index in [1.54, 1.807) is 6.20 Å². The molecule has 0 atom stereocenters. The number of aromatic nitrogens is 1. The van der Waals surface area contributed by atoms with Gasteiger partial charge in [-0.15, -0.1) is 0 Å². The highest BCUT2D eigenvalue weighted by Crippen LogP contribution is 2.35. The van der Waals surface area contributed by atoms with Crippen molar-refractivity contribution in [2.24, 2.45) is 0 Å². The SMILES string of the molecule is C1=CN(c2cc(-c3ccccc3)cc(-c3ccccc3)c2)CN1c1cccc(Oc2cccc(Oc3ccccn3)c2)c1. The lowest BCUT2D eigenvalue weighted by Crippen LogP contribution is -2.24. The van der Waals surface area contributed by atoms with Gasteiger partial charge in [0.1, 0.15) is 17.2 Å². The van der Waals surface area contributed by atoms with Crippen molar-refractivity contribution in [3.8, 4) is 45.4 Å². The molecule has 6 aromatic rings. The van der Waals surface area contributed by atoms with Gasteiger partial charge < -0.3 is 19.3 Å². The molecule has 0 unspecified atom stereocenters. The van der Waals surface area contributed by atoms with Crippen LogP contribution in [0.1, 0.15) is 0 Å². The molecule has 1 aliphatic rings. The summed E-state index contributed by atoms with van der Waals surface area (Å²) >= 11 is 0. The van der Waals surface area contributed by atoms with Crippen LogP contribution in [0.25, 0.3) is 22.3 Å². The van der Waals surface area contributed by atoms with Crippen LogP contribution in [0.2, 0.25) is 0 Å². The quantitative estimate of drug-likeness (QED) is 0.186. The molecule has 43 heavy (non-hydrogen) atoms. The Balaban J connectivity index is 1.10. The van der Waals surface area contributed by atoms with Crippen LogP contribution in [0.3, 0.4) is 0 Å². The number of anilines is 2. The first kappa shape index (κ1) is 26.1. The van der Waals surface area contributed by atoms with E-state index in [4.69, 9.17) is 9.47 Å². The van der Waals surface area contributed by atoms with Gasteiger partial charge in [-0.3, -0.25) is 0 Å². The number of hydrogen-bond acceptors (Lipinski definition) is 5. The lowest BCUT2D eigenvalue weighted by molar-refractivity contribution is 0.449. The van der Waals surface area contributed by atoms with Crippen LogP contribution in [-0.4, -0.2) is 11.7 Å². The number of pyridine rings is 1. The summed E-state index contributed by atoms with van der Waals surface area (Å²) in [5.41, 5.74) is 6.94. The molecule has 0 saturated carbocycles. The molecule has 208 valence electrons. The van der Waals surface area contributed by atoms with Gasteiger partial charge in [0.15, 0.2) is 0 Å². The molecule has 2 heterocycles. The van der Waals surface area contributed by atoms with Gasteiger partial charge in [-0.2, -0.15) is 0 Å². The first-order chi connectivity index (χ1) is 21.3. The molecule has 0 N–H and O–H groups in total. The fraction of sp³-hybridized carbons (Fsp3) is 0.0263. The Hall–Kier alpha value is -5.81. The van der Waals surface area contributed by atoms with Crippen LogP contribution in [0.5, 0.6) is 23.1 Å². The largest absolute Gasteiger partial charge is 0.457 e. The second-order valence-electron chi connectivity index (χ2n) is 10.2. The predicted molar refractivity (Wildman–Crippen MR) is 174 cm³/mol. The molecule has 5 nitrogen and oxygen atoms in total. The van der Waals surface area contributed by atoms with Crippen LogP contribution < -0.4 is 19.3 Å². The van der Waals surface area contributed by atoms with E-state index < -0.39 is 0 Å². The van der Waals surface area contributed by atoms with Crippen molar-refractivity contribution in [3.05, 3.63) is 164 Å². The summed E-state index contributed by atoms with van der Waals surface area (Å²) in [4.78, 5) is 8.71. The van der Waals surface area contributed by atoms with Crippen LogP contribution in [0, 0.1) is 0 Å². The monoisotopic (exact) mass is 559 g/mol. The van der Waals surface area contributed by atoms with Crippen molar-refractivity contribution >= 4 is 11.4 Å². The Morgan fingerprint density at radius 2 is 1.02 bits per heavy atom. The predicted octanol–water partition coefficient (Wildman–Crippen LogP) is 9.76. The molecule has 0 aliphatic carbocycles. The van der Waals surface area contributed by atoms with Gasteiger partial charge in [0.2, 0.25) is 5.88 Å². The fourth-order valence-corrected chi connectivity index (χ4v) is 5.12. The van der Waals surface area contributed by atoms with Crippen molar-refractivity contribution in [2.75, 3.05) is 16.5 Å². The van der Waals surface area contributed by atoms with E-state index >= 15 is 0 Å². The molecule has 0 radical (unpaired) electrons. The molecule has 0 saturated heterocycles. The Bertz CT molecular complexity index is 1800. The van der Waals surface area contributed by atoms with Crippen molar-refractivity contribution in [2.45, 2.75) is 0 Å². The first-order valence-corrected chi connectivity index (χ1v) is 14.2. The number of rotatable bonds is 8. The molecular weight excluding hydrogens is 530 g/mol. The average molecular weight is 560 g/mol. The molecule has 5 heteroatoms. The van der Waals surface area contributed by atoms with E-state index in [1.165, 1.54) is 22.3 Å². The topological polar surface area (TPSA) is 37.8 Å². The van der Waals surface area contributed by atoms with Gasteiger partial charge in [0.05, 0.1) is 6.67 Å². The Kier molecular flexibility index (Phi) is 7.27. The maximum atomic E-state index is 6.23. The van der Waals surface area contributed by atoms with E-state index in [0.717, 1.165) is 17.1 Å². The standard InChI is InChI=1S/C38H29N3O2/c1-3-11-29(12-4-1)31-23-32(30-13-5-2-6-14-30)25-34(24-31)41-22-21-40(28-41)33-15-9-16-35(26-33)42-36-17-10-18-37(27-36)43-38-19-7-8-20-39-38/h1-27H,28H2. The molecule has 0 spiro atoms. The molecule has 1 aliphatic heterocycles. The third-order valence-electron chi connectivity index (χ3n) is 7.25. The summed E-state index contributed by atoms with van der Waals surface area (Å²) in [7, 11) is 0. The number of nitrogens with zero attached hydrogens (tertiary/aromatic N) is 3. The minimum atomic E-state index is 0.539. The number of ether oxygens (including phenoxy) is 2. The van der Waals surface area contributed by atoms with Crippen LogP contribution in [0.15, 0.2) is 164 Å². The highest BCUT2D eigenvalue weighted by Gasteiger charge is 2.18. The summed E-state index contributed by atoms with van der Waals surface area (Å²) in [6.45, 7) is 0.684. The molecule has 7 rings (SSSR count). The van der Waals surface area contributed by atoms with E-state index in [9.17, 15) is 0 Å². The van der Waals surface area contributed by atoms with Gasteiger partial charge >= 0.3 is 0 Å². The lowest BCUT2D eigenvalue weighted by atomic mass is 9.98. The second-order valence-corrected chi connectivity index (χ2v) is 10.2. The molecular formula is C38H29N3O2. The van der Waals surface area contributed by atoms with Crippen molar-refractivity contribution in [1.29, 1.82) is 0 Å². The zero-order valence-corrected chi connectivity index (χ0v) is 23.5. The maximum absolute atomic E-state index is 6.23. The Morgan fingerprint density at radius 3 is 1.67 bits per heavy atom. The normalized spacial score (nSPS) is 12.4.